The number of hydrogen-bond donors (Lipinski definition) is 2. The van der Waals surface area contributed by atoms with Crippen molar-refractivity contribution < 1.29 is 9.90 Å². The van der Waals surface area contributed by atoms with Gasteiger partial charge in [0.2, 0.25) is 0 Å². The Bertz CT molecular complexity index is 356. The van der Waals surface area contributed by atoms with E-state index in [0.717, 1.165) is 18.4 Å². The minimum absolute atomic E-state index is 0.245. The van der Waals surface area contributed by atoms with Crippen LogP contribution in [0.5, 0.6) is 0 Å². The number of hydrogen-bond acceptors (Lipinski definition) is 2. The smallest absolute Gasteiger partial charge is 0.335 e. The molecule has 1 aromatic rings. The largest absolute Gasteiger partial charge is 0.478 e. The van der Waals surface area contributed by atoms with Crippen LogP contribution in [-0.2, 0) is 5.54 Å². The molecule has 0 aromatic heterocycles. The first-order valence-corrected chi connectivity index (χ1v) is 4.24. The first-order valence-electron chi connectivity index (χ1n) is 4.24. The molecule has 0 amide bonds. The number of aromatic carboxylic acids is 1. The molecular formula is C10H11NO2. The van der Waals surface area contributed by atoms with Gasteiger partial charge in [0.25, 0.3) is 0 Å². The quantitative estimate of drug-likeness (QED) is 0.716. The van der Waals surface area contributed by atoms with E-state index >= 15 is 0 Å². The summed E-state index contributed by atoms with van der Waals surface area (Å²) in [6.45, 7) is 0. The van der Waals surface area contributed by atoms with Crippen molar-refractivity contribution in [3.63, 3.8) is 0 Å². The van der Waals surface area contributed by atoms with Gasteiger partial charge in [0.15, 0.2) is 0 Å². The fourth-order valence-electron chi connectivity index (χ4n) is 1.39. The van der Waals surface area contributed by atoms with Gasteiger partial charge in [-0.1, -0.05) is 12.1 Å². The molecule has 1 aliphatic rings. The maximum atomic E-state index is 10.7. The van der Waals surface area contributed by atoms with E-state index in [1.54, 1.807) is 18.2 Å². The zero-order valence-electron chi connectivity index (χ0n) is 7.16. The van der Waals surface area contributed by atoms with Crippen LogP contribution in [0.15, 0.2) is 24.3 Å². The van der Waals surface area contributed by atoms with E-state index < -0.39 is 5.97 Å². The monoisotopic (exact) mass is 177 g/mol. The van der Waals surface area contributed by atoms with Crippen molar-refractivity contribution in [2.75, 3.05) is 0 Å². The van der Waals surface area contributed by atoms with Crippen molar-refractivity contribution in [1.82, 2.24) is 0 Å². The molecule has 0 saturated heterocycles. The highest BCUT2D eigenvalue weighted by atomic mass is 16.4. The third kappa shape index (κ3) is 1.42. The Kier molecular flexibility index (Phi) is 1.63. The van der Waals surface area contributed by atoms with E-state index in [1.807, 2.05) is 6.07 Å². The summed E-state index contributed by atoms with van der Waals surface area (Å²) >= 11 is 0. The second kappa shape index (κ2) is 2.57. The zero-order chi connectivity index (χ0) is 9.47. The van der Waals surface area contributed by atoms with Gasteiger partial charge in [-0.3, -0.25) is 0 Å². The van der Waals surface area contributed by atoms with E-state index in [-0.39, 0.29) is 5.54 Å². The number of carbonyl (C=O) groups is 1. The molecule has 1 aliphatic carbocycles. The summed E-state index contributed by atoms with van der Waals surface area (Å²) in [5.41, 5.74) is 6.95. The minimum atomic E-state index is -0.897. The second-order valence-corrected chi connectivity index (χ2v) is 3.54. The summed E-state index contributed by atoms with van der Waals surface area (Å²) in [6, 6.07) is 6.87. The van der Waals surface area contributed by atoms with Gasteiger partial charge >= 0.3 is 5.97 Å². The number of carboxylic acids is 1. The van der Waals surface area contributed by atoms with Crippen molar-refractivity contribution >= 4 is 5.97 Å². The lowest BCUT2D eigenvalue weighted by Crippen LogP contribution is -2.19. The molecular weight excluding hydrogens is 166 g/mol. The Balaban J connectivity index is 2.38. The summed E-state index contributed by atoms with van der Waals surface area (Å²) in [5.74, 6) is -0.897. The summed E-state index contributed by atoms with van der Waals surface area (Å²) in [4.78, 5) is 10.7. The van der Waals surface area contributed by atoms with Gasteiger partial charge < -0.3 is 10.8 Å². The zero-order valence-corrected chi connectivity index (χ0v) is 7.16. The standard InChI is InChI=1S/C10H11NO2/c11-10(4-5-10)8-3-1-2-7(6-8)9(12)13/h1-3,6H,4-5,11H2,(H,12,13). The summed E-state index contributed by atoms with van der Waals surface area (Å²) in [7, 11) is 0. The van der Waals surface area contributed by atoms with E-state index in [9.17, 15) is 4.79 Å². The molecule has 0 heterocycles. The van der Waals surface area contributed by atoms with Crippen LogP contribution in [-0.4, -0.2) is 11.1 Å². The highest BCUT2D eigenvalue weighted by Crippen LogP contribution is 2.42. The van der Waals surface area contributed by atoms with Crippen molar-refractivity contribution in [3.05, 3.63) is 35.4 Å². The molecule has 3 heteroatoms. The van der Waals surface area contributed by atoms with Gasteiger partial charge in [-0.2, -0.15) is 0 Å². The predicted octanol–water partition coefficient (Wildman–Crippen LogP) is 1.33. The first-order chi connectivity index (χ1) is 6.12. The molecule has 0 unspecified atom stereocenters. The van der Waals surface area contributed by atoms with Crippen molar-refractivity contribution in [1.29, 1.82) is 0 Å². The second-order valence-electron chi connectivity index (χ2n) is 3.54. The Morgan fingerprint density at radius 3 is 2.69 bits per heavy atom. The van der Waals surface area contributed by atoms with E-state index in [2.05, 4.69) is 0 Å². The van der Waals surface area contributed by atoms with Crippen molar-refractivity contribution in [2.24, 2.45) is 5.73 Å². The van der Waals surface area contributed by atoms with E-state index in [1.165, 1.54) is 0 Å². The molecule has 2 rings (SSSR count). The normalized spacial score (nSPS) is 18.2. The van der Waals surface area contributed by atoms with Crippen LogP contribution in [0.2, 0.25) is 0 Å². The third-order valence-corrected chi connectivity index (χ3v) is 2.47. The van der Waals surface area contributed by atoms with Gasteiger partial charge in [0, 0.05) is 5.54 Å². The Labute approximate surface area is 76.2 Å². The lowest BCUT2D eigenvalue weighted by atomic mass is 10.0. The maximum absolute atomic E-state index is 10.7. The topological polar surface area (TPSA) is 63.3 Å². The lowest BCUT2D eigenvalue weighted by Gasteiger charge is -2.08. The highest BCUT2D eigenvalue weighted by Gasteiger charge is 2.40. The summed E-state index contributed by atoms with van der Waals surface area (Å²) < 4.78 is 0. The van der Waals surface area contributed by atoms with Crippen LogP contribution in [0.4, 0.5) is 0 Å². The third-order valence-electron chi connectivity index (χ3n) is 2.47. The molecule has 68 valence electrons. The van der Waals surface area contributed by atoms with Gasteiger partial charge in [-0.05, 0) is 30.5 Å². The van der Waals surface area contributed by atoms with Crippen molar-refractivity contribution in [2.45, 2.75) is 18.4 Å². The van der Waals surface area contributed by atoms with Gasteiger partial charge in [0.05, 0.1) is 5.56 Å². The fourth-order valence-corrected chi connectivity index (χ4v) is 1.39. The molecule has 1 aromatic carbocycles. The number of benzene rings is 1. The molecule has 3 nitrogen and oxygen atoms in total. The van der Waals surface area contributed by atoms with Crippen LogP contribution in [0.3, 0.4) is 0 Å². The van der Waals surface area contributed by atoms with Gasteiger partial charge in [0.1, 0.15) is 0 Å². The predicted molar refractivity (Wildman–Crippen MR) is 48.5 cm³/mol. The molecule has 1 saturated carbocycles. The number of nitrogens with two attached hydrogens (primary N) is 1. The minimum Gasteiger partial charge on any atom is -0.478 e. The molecule has 1 fully saturated rings. The number of rotatable bonds is 2. The Morgan fingerprint density at radius 1 is 1.46 bits per heavy atom. The Morgan fingerprint density at radius 2 is 2.15 bits per heavy atom. The van der Waals surface area contributed by atoms with Crippen LogP contribution in [0.25, 0.3) is 0 Å². The number of carboxylic acid groups (broad SMARTS) is 1. The van der Waals surface area contributed by atoms with Crippen molar-refractivity contribution in [3.8, 4) is 0 Å². The van der Waals surface area contributed by atoms with Crippen LogP contribution < -0.4 is 5.73 Å². The molecule has 0 atom stereocenters. The SMILES string of the molecule is NC1(c2cccc(C(=O)O)c2)CC1. The van der Waals surface area contributed by atoms with E-state index in [0.29, 0.717) is 5.56 Å². The van der Waals surface area contributed by atoms with Crippen LogP contribution in [0.1, 0.15) is 28.8 Å². The van der Waals surface area contributed by atoms with Crippen LogP contribution >= 0.6 is 0 Å². The average molecular weight is 177 g/mol. The highest BCUT2D eigenvalue weighted by molar-refractivity contribution is 5.87. The molecule has 0 bridgehead atoms. The summed E-state index contributed by atoms with van der Waals surface area (Å²) in [5, 5.41) is 8.75. The van der Waals surface area contributed by atoms with E-state index in [4.69, 9.17) is 10.8 Å². The molecule has 0 spiro atoms. The fraction of sp³-hybridized carbons (Fsp3) is 0.300. The molecule has 13 heavy (non-hydrogen) atoms. The van der Waals surface area contributed by atoms with Gasteiger partial charge in [-0.15, -0.1) is 0 Å². The maximum Gasteiger partial charge on any atom is 0.335 e. The lowest BCUT2D eigenvalue weighted by molar-refractivity contribution is 0.0697. The molecule has 0 radical (unpaired) electrons. The first kappa shape index (κ1) is 8.26. The molecule has 3 N–H and O–H groups in total. The molecule has 0 aliphatic heterocycles. The van der Waals surface area contributed by atoms with Crippen LogP contribution in [0, 0.1) is 0 Å². The Hall–Kier alpha value is -1.35. The summed E-state index contributed by atoms with van der Waals surface area (Å²) in [6.07, 6.45) is 1.91. The average Bonchev–Trinajstić information content (AvgIpc) is 2.85. The van der Waals surface area contributed by atoms with Gasteiger partial charge in [-0.25, -0.2) is 4.79 Å².